The summed E-state index contributed by atoms with van der Waals surface area (Å²) < 4.78 is 37.5. The van der Waals surface area contributed by atoms with Crippen molar-refractivity contribution in [3.63, 3.8) is 0 Å². The second kappa shape index (κ2) is 5.58. The van der Waals surface area contributed by atoms with Gasteiger partial charge in [0, 0.05) is 20.6 Å². The molecule has 0 heterocycles. The number of sulfonamides is 1. The Hall–Kier alpha value is -0.690. The van der Waals surface area contributed by atoms with E-state index in [4.69, 9.17) is 5.73 Å². The van der Waals surface area contributed by atoms with Gasteiger partial charge in [-0.05, 0) is 17.7 Å². The molecule has 0 aliphatic carbocycles. The number of rotatable bonds is 3. The highest BCUT2D eigenvalue weighted by molar-refractivity contribution is 7.89. The van der Waals surface area contributed by atoms with Gasteiger partial charge in [0.15, 0.2) is 0 Å². The first-order valence-electron chi connectivity index (χ1n) is 4.30. The van der Waals surface area contributed by atoms with Gasteiger partial charge in [0.1, 0.15) is 5.82 Å². The minimum atomic E-state index is -3.63. The van der Waals surface area contributed by atoms with Crippen molar-refractivity contribution in [2.24, 2.45) is 5.73 Å². The normalized spacial score (nSPS) is 11.3. The molecule has 1 aromatic rings. The fraction of sp³-hybridized carbons (Fsp3) is 0.333. The predicted octanol–water partition coefficient (Wildman–Crippen LogP) is 0.957. The third-order valence-corrected chi connectivity index (χ3v) is 3.91. The van der Waals surface area contributed by atoms with E-state index in [0.717, 1.165) is 10.4 Å². The number of hydrogen-bond donors (Lipinski definition) is 1. The summed E-state index contributed by atoms with van der Waals surface area (Å²) >= 11 is 0. The molecule has 0 bridgehead atoms. The SMILES string of the molecule is CN(C)S(=O)(=O)c1cc(F)ccc1CN.Cl. The maximum Gasteiger partial charge on any atom is 0.242 e. The van der Waals surface area contributed by atoms with Crippen molar-refractivity contribution in [3.8, 4) is 0 Å². The van der Waals surface area contributed by atoms with E-state index in [1.807, 2.05) is 0 Å². The molecule has 0 radical (unpaired) electrons. The highest BCUT2D eigenvalue weighted by Gasteiger charge is 2.21. The van der Waals surface area contributed by atoms with Gasteiger partial charge < -0.3 is 5.73 Å². The van der Waals surface area contributed by atoms with Crippen LogP contribution in [0.15, 0.2) is 23.1 Å². The Morgan fingerprint density at radius 1 is 1.38 bits per heavy atom. The number of nitrogens with two attached hydrogens (primary N) is 1. The first-order chi connectivity index (χ1) is 6.89. The zero-order chi connectivity index (χ0) is 11.6. The number of nitrogens with zero attached hydrogens (tertiary/aromatic N) is 1. The summed E-state index contributed by atoms with van der Waals surface area (Å²) in [5, 5.41) is 0. The van der Waals surface area contributed by atoms with Crippen LogP contribution in [0.5, 0.6) is 0 Å². The smallest absolute Gasteiger partial charge is 0.242 e. The molecule has 16 heavy (non-hydrogen) atoms. The molecule has 7 heteroatoms. The number of hydrogen-bond acceptors (Lipinski definition) is 3. The molecule has 0 fully saturated rings. The topological polar surface area (TPSA) is 63.4 Å². The fourth-order valence-corrected chi connectivity index (χ4v) is 2.27. The molecule has 1 aromatic carbocycles. The minimum absolute atomic E-state index is 0. The third-order valence-electron chi connectivity index (χ3n) is 2.01. The summed E-state index contributed by atoms with van der Waals surface area (Å²) in [6, 6.07) is 3.56. The largest absolute Gasteiger partial charge is 0.326 e. The molecule has 0 saturated carbocycles. The molecular weight excluding hydrogens is 255 g/mol. The van der Waals surface area contributed by atoms with Crippen molar-refractivity contribution in [3.05, 3.63) is 29.6 Å². The Kier molecular flexibility index (Phi) is 5.34. The average Bonchev–Trinajstić information content (AvgIpc) is 2.17. The molecule has 0 atom stereocenters. The monoisotopic (exact) mass is 268 g/mol. The summed E-state index contributed by atoms with van der Waals surface area (Å²) in [6.45, 7) is 0.0582. The van der Waals surface area contributed by atoms with Crippen molar-refractivity contribution < 1.29 is 12.8 Å². The molecule has 0 aliphatic rings. The van der Waals surface area contributed by atoms with Crippen LogP contribution < -0.4 is 5.73 Å². The molecule has 0 amide bonds. The van der Waals surface area contributed by atoms with Crippen LogP contribution >= 0.6 is 12.4 Å². The van der Waals surface area contributed by atoms with E-state index < -0.39 is 15.8 Å². The van der Waals surface area contributed by atoms with Gasteiger partial charge in [-0.25, -0.2) is 17.1 Å². The standard InChI is InChI=1S/C9H13FN2O2S.ClH/c1-12(2)15(13,14)9-5-8(10)4-3-7(9)6-11;/h3-5H,6,11H2,1-2H3;1H. The first kappa shape index (κ1) is 15.3. The Balaban J connectivity index is 0.00000225. The lowest BCUT2D eigenvalue weighted by molar-refractivity contribution is 0.517. The molecule has 92 valence electrons. The van der Waals surface area contributed by atoms with Gasteiger partial charge in [-0.1, -0.05) is 6.07 Å². The minimum Gasteiger partial charge on any atom is -0.326 e. The second-order valence-corrected chi connectivity index (χ2v) is 5.36. The molecule has 0 spiro atoms. The average molecular weight is 269 g/mol. The van der Waals surface area contributed by atoms with Gasteiger partial charge in [0.2, 0.25) is 10.0 Å². The van der Waals surface area contributed by atoms with Crippen molar-refractivity contribution in [1.29, 1.82) is 0 Å². The zero-order valence-electron chi connectivity index (χ0n) is 8.97. The third kappa shape index (κ3) is 2.91. The van der Waals surface area contributed by atoms with Crippen molar-refractivity contribution in [1.82, 2.24) is 4.31 Å². The van der Waals surface area contributed by atoms with Crippen molar-refractivity contribution in [2.45, 2.75) is 11.4 Å². The number of halogens is 2. The second-order valence-electron chi connectivity index (χ2n) is 3.24. The van der Waals surface area contributed by atoms with Gasteiger partial charge >= 0.3 is 0 Å². The van der Waals surface area contributed by atoms with Gasteiger partial charge in [-0.3, -0.25) is 0 Å². The van der Waals surface area contributed by atoms with E-state index in [9.17, 15) is 12.8 Å². The van der Waals surface area contributed by atoms with E-state index in [2.05, 4.69) is 0 Å². The molecule has 0 aliphatic heterocycles. The van der Waals surface area contributed by atoms with Crippen LogP contribution in [0.4, 0.5) is 4.39 Å². The quantitative estimate of drug-likeness (QED) is 0.888. The molecule has 0 aromatic heterocycles. The first-order valence-corrected chi connectivity index (χ1v) is 5.74. The van der Waals surface area contributed by atoms with Crippen LogP contribution in [0.3, 0.4) is 0 Å². The van der Waals surface area contributed by atoms with E-state index in [-0.39, 0.29) is 23.8 Å². The Morgan fingerprint density at radius 3 is 2.38 bits per heavy atom. The molecule has 2 N–H and O–H groups in total. The highest BCUT2D eigenvalue weighted by atomic mass is 35.5. The molecular formula is C9H14ClFN2O2S. The lowest BCUT2D eigenvalue weighted by Crippen LogP contribution is -2.24. The highest BCUT2D eigenvalue weighted by Crippen LogP contribution is 2.19. The summed E-state index contributed by atoms with van der Waals surface area (Å²) in [5.74, 6) is -0.590. The maximum atomic E-state index is 13.0. The van der Waals surface area contributed by atoms with Gasteiger partial charge in [-0.15, -0.1) is 12.4 Å². The van der Waals surface area contributed by atoms with Crippen LogP contribution in [0.25, 0.3) is 0 Å². The van der Waals surface area contributed by atoms with Crippen LogP contribution in [-0.2, 0) is 16.6 Å². The summed E-state index contributed by atoms with van der Waals surface area (Å²) in [7, 11) is -0.850. The summed E-state index contributed by atoms with van der Waals surface area (Å²) in [4.78, 5) is -0.0741. The molecule has 0 saturated heterocycles. The molecule has 1 rings (SSSR count). The van der Waals surface area contributed by atoms with E-state index in [1.54, 1.807) is 0 Å². The lowest BCUT2D eigenvalue weighted by Gasteiger charge is -2.14. The van der Waals surface area contributed by atoms with Gasteiger partial charge in [-0.2, -0.15) is 0 Å². The predicted molar refractivity (Wildman–Crippen MR) is 62.4 cm³/mol. The van der Waals surface area contributed by atoms with Gasteiger partial charge in [0.25, 0.3) is 0 Å². The number of benzene rings is 1. The Labute approximate surface area is 101 Å². The van der Waals surface area contributed by atoms with Crippen LogP contribution in [-0.4, -0.2) is 26.8 Å². The van der Waals surface area contributed by atoms with Gasteiger partial charge in [0.05, 0.1) is 4.90 Å². The van der Waals surface area contributed by atoms with E-state index in [0.29, 0.717) is 5.56 Å². The maximum absolute atomic E-state index is 13.0. The lowest BCUT2D eigenvalue weighted by atomic mass is 10.2. The molecule has 4 nitrogen and oxygen atoms in total. The fourth-order valence-electron chi connectivity index (χ4n) is 1.13. The van der Waals surface area contributed by atoms with Crippen molar-refractivity contribution in [2.75, 3.05) is 14.1 Å². The van der Waals surface area contributed by atoms with Crippen LogP contribution in [0.2, 0.25) is 0 Å². The Bertz CT molecular complexity index is 463. The van der Waals surface area contributed by atoms with Crippen LogP contribution in [0.1, 0.15) is 5.56 Å². The van der Waals surface area contributed by atoms with E-state index in [1.165, 1.54) is 26.2 Å². The Morgan fingerprint density at radius 2 is 1.94 bits per heavy atom. The molecule has 0 unspecified atom stereocenters. The van der Waals surface area contributed by atoms with Crippen molar-refractivity contribution >= 4 is 22.4 Å². The van der Waals surface area contributed by atoms with E-state index >= 15 is 0 Å². The summed E-state index contributed by atoms with van der Waals surface area (Å²) in [5.41, 5.74) is 5.80. The van der Waals surface area contributed by atoms with Crippen LogP contribution in [0, 0.1) is 5.82 Å². The summed E-state index contributed by atoms with van der Waals surface area (Å²) in [6.07, 6.45) is 0. The zero-order valence-corrected chi connectivity index (χ0v) is 10.6.